The van der Waals surface area contributed by atoms with Gasteiger partial charge in [-0.2, -0.15) is 18.4 Å². The number of alkyl halides is 3. The quantitative estimate of drug-likeness (QED) is 0.117. The largest absolute Gasteiger partial charge is 0.413 e. The number of nitrogens with one attached hydrogen (secondary N) is 2. The Kier molecular flexibility index (Phi) is 9.49. The second-order valence-corrected chi connectivity index (χ2v) is 12.3. The van der Waals surface area contributed by atoms with Crippen molar-refractivity contribution in [2.24, 2.45) is 17.0 Å². The van der Waals surface area contributed by atoms with Crippen LogP contribution in [0.15, 0.2) is 66.8 Å². The third kappa shape index (κ3) is 6.91. The number of hydrogen-bond donors (Lipinski definition) is 4. The van der Waals surface area contributed by atoms with Crippen LogP contribution >= 0.6 is 0 Å². The number of aromatic nitrogens is 2. The first-order valence-electron chi connectivity index (χ1n) is 15.0. The molecule has 238 valence electrons. The fraction of sp³-hybridized carbons (Fsp3) is 0.382. The average Bonchev–Trinajstić information content (AvgIpc) is 3.82. The molecule has 2 heterocycles. The van der Waals surface area contributed by atoms with Crippen molar-refractivity contribution in [2.75, 3.05) is 17.2 Å². The summed E-state index contributed by atoms with van der Waals surface area (Å²) in [4.78, 5) is 8.98. The summed E-state index contributed by atoms with van der Waals surface area (Å²) in [5.41, 5.74) is 9.24. The van der Waals surface area contributed by atoms with Crippen LogP contribution in [0.2, 0.25) is 0 Å². The van der Waals surface area contributed by atoms with Crippen molar-refractivity contribution in [3.05, 3.63) is 83.4 Å². The van der Waals surface area contributed by atoms with E-state index in [0.717, 1.165) is 27.4 Å². The Bertz CT molecular complexity index is 1740. The number of nitrogens with zero attached hydrogens (tertiary/aromatic N) is 4. The van der Waals surface area contributed by atoms with Gasteiger partial charge < -0.3 is 21.4 Å². The molecule has 0 bridgehead atoms. The van der Waals surface area contributed by atoms with Crippen molar-refractivity contribution in [3.8, 4) is 6.07 Å². The number of fused-ring (bicyclic) bond motifs is 2. The van der Waals surface area contributed by atoms with Gasteiger partial charge in [0, 0.05) is 41.6 Å². The summed E-state index contributed by atoms with van der Waals surface area (Å²) in [6.45, 7) is 12.8. The van der Waals surface area contributed by atoms with E-state index >= 15 is 0 Å². The fourth-order valence-corrected chi connectivity index (χ4v) is 5.24. The summed E-state index contributed by atoms with van der Waals surface area (Å²) in [5, 5.41) is 19.0. The Morgan fingerprint density at radius 1 is 1.11 bits per heavy atom. The van der Waals surface area contributed by atoms with Gasteiger partial charge in [-0.05, 0) is 60.6 Å². The van der Waals surface area contributed by atoms with Crippen molar-refractivity contribution in [1.29, 1.82) is 5.26 Å². The van der Waals surface area contributed by atoms with Crippen LogP contribution in [-0.2, 0) is 0 Å². The van der Waals surface area contributed by atoms with Crippen molar-refractivity contribution in [2.45, 2.75) is 72.1 Å². The number of benzene rings is 2. The minimum absolute atomic E-state index is 0.0522. The van der Waals surface area contributed by atoms with Gasteiger partial charge in [-0.15, -0.1) is 0 Å². The summed E-state index contributed by atoms with van der Waals surface area (Å²) in [5.74, 6) is 6.01. The number of nitrogens with two attached hydrogens (primary N) is 2. The Balaban J connectivity index is 0.00000226. The lowest BCUT2D eigenvalue weighted by Crippen LogP contribution is -2.49. The molecule has 1 fully saturated rings. The maximum Gasteiger partial charge on any atom is 0.413 e. The SMILES string of the molecule is CC.Cc1cc(N[C@H](/C(N)=C/N(N)C2(C(F)(F)F)CC2)c2cccc3ncccc23)cc2c(NCC(C)(C)C)c(C#N)cnc12. The first-order chi connectivity index (χ1) is 21.2. The third-order valence-corrected chi connectivity index (χ3v) is 7.75. The monoisotopic (exact) mass is 618 g/mol. The number of rotatable bonds is 8. The summed E-state index contributed by atoms with van der Waals surface area (Å²) < 4.78 is 41.6. The molecule has 4 aromatic rings. The first kappa shape index (κ1) is 33.3. The average molecular weight is 619 g/mol. The number of pyridine rings is 2. The Labute approximate surface area is 262 Å². The van der Waals surface area contributed by atoms with E-state index < -0.39 is 17.8 Å². The Morgan fingerprint density at radius 2 is 1.82 bits per heavy atom. The Hall–Kier alpha value is -4.56. The van der Waals surface area contributed by atoms with E-state index in [-0.39, 0.29) is 24.0 Å². The maximum absolute atomic E-state index is 13.9. The molecule has 0 unspecified atom stereocenters. The molecular weight excluding hydrogens is 577 g/mol. The molecule has 8 nitrogen and oxygen atoms in total. The molecule has 0 amide bonds. The zero-order chi connectivity index (χ0) is 33.2. The second-order valence-electron chi connectivity index (χ2n) is 12.3. The molecule has 1 aliphatic carbocycles. The highest BCUT2D eigenvalue weighted by Crippen LogP contribution is 2.52. The topological polar surface area (TPSA) is 129 Å². The molecule has 2 aromatic heterocycles. The van der Waals surface area contributed by atoms with Crippen LogP contribution in [0.25, 0.3) is 21.8 Å². The zero-order valence-electron chi connectivity index (χ0n) is 26.5. The zero-order valence-corrected chi connectivity index (χ0v) is 26.5. The lowest BCUT2D eigenvalue weighted by atomic mass is 9.96. The highest BCUT2D eigenvalue weighted by Gasteiger charge is 2.66. The van der Waals surface area contributed by atoms with Crippen molar-refractivity contribution in [1.82, 2.24) is 15.0 Å². The second kappa shape index (κ2) is 12.8. The summed E-state index contributed by atoms with van der Waals surface area (Å²) in [7, 11) is 0. The van der Waals surface area contributed by atoms with Crippen LogP contribution in [0, 0.1) is 23.7 Å². The molecule has 1 atom stereocenters. The molecule has 1 saturated carbocycles. The van der Waals surface area contributed by atoms with Gasteiger partial charge in [0.15, 0.2) is 5.54 Å². The van der Waals surface area contributed by atoms with Crippen LogP contribution in [0.3, 0.4) is 0 Å². The number of hydrogen-bond acceptors (Lipinski definition) is 8. The van der Waals surface area contributed by atoms with Gasteiger partial charge in [-0.25, -0.2) is 5.84 Å². The van der Waals surface area contributed by atoms with Gasteiger partial charge >= 0.3 is 6.18 Å². The molecular formula is C34H41F3N8. The van der Waals surface area contributed by atoms with Crippen LogP contribution in [0.4, 0.5) is 24.5 Å². The van der Waals surface area contributed by atoms with Gasteiger partial charge in [-0.3, -0.25) is 9.97 Å². The summed E-state index contributed by atoms with van der Waals surface area (Å²) in [6.07, 6.45) is -0.293. The Morgan fingerprint density at radius 3 is 2.44 bits per heavy atom. The van der Waals surface area contributed by atoms with E-state index in [1.165, 1.54) is 6.20 Å². The van der Waals surface area contributed by atoms with Crippen LogP contribution < -0.4 is 22.2 Å². The fourth-order valence-electron chi connectivity index (χ4n) is 5.24. The maximum atomic E-state index is 13.9. The van der Waals surface area contributed by atoms with Gasteiger partial charge in [0.25, 0.3) is 0 Å². The standard InChI is InChI=1S/C32H35F3N8.C2H6/c1-19-13-21(14-24-27(19)40-16-20(15-36)28(24)41-18-30(2,3)4)42-29(23-7-5-9-26-22(23)8-6-12-39-26)25(37)17-43(38)31(10-11-31)32(33,34)35;1-2/h5-9,12-14,16-17,29,42H,10-11,18,37-38H2,1-4H3,(H,40,41);1-2H3/b25-17-;/t29-;/m0./s1. The van der Waals surface area contributed by atoms with Crippen molar-refractivity contribution >= 4 is 33.2 Å². The van der Waals surface area contributed by atoms with Crippen LogP contribution in [0.1, 0.15) is 70.2 Å². The molecule has 11 heteroatoms. The van der Waals surface area contributed by atoms with E-state index in [9.17, 15) is 18.4 Å². The van der Waals surface area contributed by atoms with Gasteiger partial charge in [0.05, 0.1) is 34.0 Å². The number of anilines is 2. The first-order valence-corrected chi connectivity index (χ1v) is 15.0. The smallest absolute Gasteiger partial charge is 0.399 e. The molecule has 45 heavy (non-hydrogen) atoms. The lowest BCUT2D eigenvalue weighted by molar-refractivity contribution is -0.189. The summed E-state index contributed by atoms with van der Waals surface area (Å²) in [6, 6.07) is 14.5. The van der Waals surface area contributed by atoms with E-state index in [1.54, 1.807) is 18.5 Å². The molecule has 1 aliphatic rings. The molecule has 2 aromatic carbocycles. The normalized spacial score (nSPS) is 15.1. The molecule has 0 spiro atoms. The molecule has 6 N–H and O–H groups in total. The van der Waals surface area contributed by atoms with E-state index in [1.807, 2.05) is 57.2 Å². The number of nitriles is 1. The highest BCUT2D eigenvalue weighted by atomic mass is 19.4. The van der Waals surface area contributed by atoms with E-state index in [4.69, 9.17) is 11.6 Å². The van der Waals surface area contributed by atoms with Gasteiger partial charge in [0.1, 0.15) is 6.07 Å². The van der Waals surface area contributed by atoms with E-state index in [2.05, 4.69) is 47.4 Å². The highest BCUT2D eigenvalue weighted by molar-refractivity contribution is 5.98. The predicted molar refractivity (Wildman–Crippen MR) is 175 cm³/mol. The molecule has 0 saturated heterocycles. The molecule has 0 aliphatic heterocycles. The van der Waals surface area contributed by atoms with Gasteiger partial charge in [-0.1, -0.05) is 52.8 Å². The number of aryl methyl sites for hydroxylation is 1. The van der Waals surface area contributed by atoms with Crippen molar-refractivity contribution in [3.63, 3.8) is 0 Å². The minimum atomic E-state index is -4.50. The third-order valence-electron chi connectivity index (χ3n) is 7.75. The van der Waals surface area contributed by atoms with Crippen LogP contribution in [0.5, 0.6) is 0 Å². The van der Waals surface area contributed by atoms with E-state index in [0.29, 0.717) is 34.0 Å². The van der Waals surface area contributed by atoms with Crippen molar-refractivity contribution < 1.29 is 13.2 Å². The minimum Gasteiger partial charge on any atom is -0.399 e. The van der Waals surface area contributed by atoms with Crippen LogP contribution in [-0.4, -0.2) is 33.2 Å². The van der Waals surface area contributed by atoms with Gasteiger partial charge in [0.2, 0.25) is 0 Å². The molecule has 0 radical (unpaired) electrons. The molecule has 5 rings (SSSR count). The number of halogens is 3. The lowest BCUT2D eigenvalue weighted by Gasteiger charge is -2.30. The number of hydrazine groups is 1. The summed E-state index contributed by atoms with van der Waals surface area (Å²) >= 11 is 0. The predicted octanol–water partition coefficient (Wildman–Crippen LogP) is 7.67.